The Morgan fingerprint density at radius 1 is 1.17 bits per heavy atom. The van der Waals surface area contributed by atoms with E-state index in [4.69, 9.17) is 0 Å². The molecule has 1 amide bonds. The molecule has 0 aromatic heterocycles. The molecule has 0 aliphatic heterocycles. The summed E-state index contributed by atoms with van der Waals surface area (Å²) in [4.78, 5) is 22.9. The van der Waals surface area contributed by atoms with Gasteiger partial charge in [0, 0.05) is 12.1 Å². The van der Waals surface area contributed by atoms with Gasteiger partial charge in [-0.25, -0.2) is 0 Å². The van der Waals surface area contributed by atoms with Crippen molar-refractivity contribution in [3.05, 3.63) is 35.4 Å². The first-order chi connectivity index (χ1) is 10.9. The van der Waals surface area contributed by atoms with Gasteiger partial charge in [0.25, 0.3) is 5.91 Å². The molecule has 0 bridgehead atoms. The topological polar surface area (TPSA) is 75.6 Å². The summed E-state index contributed by atoms with van der Waals surface area (Å²) in [7, 11) is 1.31. The molecule has 0 unspecified atom stereocenters. The number of esters is 1. The molecule has 0 fully saturated rings. The van der Waals surface area contributed by atoms with Gasteiger partial charge in [-0.1, -0.05) is 38.8 Å². The molecule has 0 aliphatic rings. The fourth-order valence-corrected chi connectivity index (χ4v) is 2.22. The highest BCUT2D eigenvalue weighted by molar-refractivity contribution is 5.94. The number of hydrogen-bond acceptors (Lipinski definition) is 4. The van der Waals surface area contributed by atoms with Gasteiger partial charge in [0.2, 0.25) is 0 Å². The van der Waals surface area contributed by atoms with Crippen LogP contribution in [0.5, 0.6) is 0 Å². The van der Waals surface area contributed by atoms with Crippen molar-refractivity contribution >= 4 is 11.9 Å². The van der Waals surface area contributed by atoms with E-state index in [1.54, 1.807) is 24.3 Å². The van der Waals surface area contributed by atoms with Crippen LogP contribution in [0.2, 0.25) is 0 Å². The van der Waals surface area contributed by atoms with Crippen LogP contribution < -0.4 is 5.32 Å². The van der Waals surface area contributed by atoms with E-state index >= 15 is 0 Å². The summed E-state index contributed by atoms with van der Waals surface area (Å²) in [5.41, 5.74) is 1.33. The Morgan fingerprint density at radius 3 is 2.39 bits per heavy atom. The van der Waals surface area contributed by atoms with Crippen LogP contribution in [0.1, 0.15) is 61.6 Å². The van der Waals surface area contributed by atoms with Crippen molar-refractivity contribution in [3.8, 4) is 0 Å². The molecule has 0 saturated heterocycles. The van der Waals surface area contributed by atoms with Gasteiger partial charge in [-0.2, -0.15) is 0 Å². The van der Waals surface area contributed by atoms with Crippen LogP contribution in [0.25, 0.3) is 0 Å². The Labute approximate surface area is 138 Å². The second-order valence-electron chi connectivity index (χ2n) is 6.04. The van der Waals surface area contributed by atoms with Crippen molar-refractivity contribution in [1.29, 1.82) is 0 Å². The van der Waals surface area contributed by atoms with E-state index in [9.17, 15) is 14.7 Å². The maximum Gasteiger partial charge on any atom is 0.307 e. The van der Waals surface area contributed by atoms with Crippen LogP contribution in [0.3, 0.4) is 0 Å². The Morgan fingerprint density at radius 2 is 1.83 bits per heavy atom. The molecule has 0 spiro atoms. The number of rotatable bonds is 9. The lowest BCUT2D eigenvalue weighted by atomic mass is 9.99. The van der Waals surface area contributed by atoms with Crippen molar-refractivity contribution in [1.82, 2.24) is 5.32 Å². The van der Waals surface area contributed by atoms with Crippen molar-refractivity contribution < 1.29 is 19.4 Å². The van der Waals surface area contributed by atoms with Gasteiger partial charge in [-0.3, -0.25) is 9.59 Å². The fraction of sp³-hybridized carbons (Fsp3) is 0.556. The maximum atomic E-state index is 11.9. The molecule has 1 aromatic rings. The summed E-state index contributed by atoms with van der Waals surface area (Å²) >= 11 is 0. The van der Waals surface area contributed by atoms with Crippen molar-refractivity contribution in [2.24, 2.45) is 5.92 Å². The van der Waals surface area contributed by atoms with Crippen LogP contribution in [0.4, 0.5) is 0 Å². The molecule has 5 heteroatoms. The monoisotopic (exact) mass is 321 g/mol. The number of aliphatic hydroxyl groups is 1. The third-order valence-corrected chi connectivity index (χ3v) is 3.66. The molecule has 2 N–H and O–H groups in total. The summed E-state index contributed by atoms with van der Waals surface area (Å²) in [5, 5.41) is 12.8. The predicted octanol–water partition coefficient (Wildman–Crippen LogP) is 2.84. The summed E-state index contributed by atoms with van der Waals surface area (Å²) in [6, 6.07) is 6.92. The molecule has 23 heavy (non-hydrogen) atoms. The highest BCUT2D eigenvalue weighted by Gasteiger charge is 2.10. The first kappa shape index (κ1) is 19.2. The van der Waals surface area contributed by atoms with E-state index in [1.807, 2.05) is 0 Å². The summed E-state index contributed by atoms with van der Waals surface area (Å²) < 4.78 is 4.51. The SMILES string of the molecule is COC(=O)CCNC(=O)c1ccc([C@H](O)CCCC(C)C)cc1. The van der Waals surface area contributed by atoms with Gasteiger partial charge in [0.1, 0.15) is 0 Å². The Hall–Kier alpha value is -1.88. The van der Waals surface area contributed by atoms with Crippen molar-refractivity contribution in [2.45, 2.75) is 45.6 Å². The van der Waals surface area contributed by atoms with Crippen molar-refractivity contribution in [2.75, 3.05) is 13.7 Å². The molecule has 1 atom stereocenters. The fourth-order valence-electron chi connectivity index (χ4n) is 2.22. The number of benzene rings is 1. The van der Waals surface area contributed by atoms with Gasteiger partial charge in [0.15, 0.2) is 0 Å². The zero-order chi connectivity index (χ0) is 17.2. The number of hydrogen-bond donors (Lipinski definition) is 2. The van der Waals surface area contributed by atoms with Gasteiger partial charge < -0.3 is 15.2 Å². The van der Waals surface area contributed by atoms with E-state index < -0.39 is 6.10 Å². The standard InChI is InChI=1S/C18H27NO4/c1-13(2)5-4-6-16(20)14-7-9-15(10-8-14)18(22)19-12-11-17(21)23-3/h7-10,13,16,20H,4-6,11-12H2,1-3H3,(H,19,22)/t16-/m1/s1. The molecule has 5 nitrogen and oxygen atoms in total. The Balaban J connectivity index is 2.45. The van der Waals surface area contributed by atoms with Gasteiger partial charge in [0.05, 0.1) is 19.6 Å². The summed E-state index contributed by atoms with van der Waals surface area (Å²) in [6.07, 6.45) is 2.45. The third-order valence-electron chi connectivity index (χ3n) is 3.66. The minimum Gasteiger partial charge on any atom is -0.469 e. The van der Waals surface area contributed by atoms with E-state index in [-0.39, 0.29) is 24.8 Å². The highest BCUT2D eigenvalue weighted by atomic mass is 16.5. The molecule has 128 valence electrons. The lowest BCUT2D eigenvalue weighted by Crippen LogP contribution is -2.26. The van der Waals surface area contributed by atoms with Gasteiger partial charge in [-0.15, -0.1) is 0 Å². The summed E-state index contributed by atoms with van der Waals surface area (Å²) in [5.74, 6) is 0.0400. The molecule has 0 saturated carbocycles. The number of amides is 1. The number of aliphatic hydroxyl groups excluding tert-OH is 1. The summed E-state index contributed by atoms with van der Waals surface area (Å²) in [6.45, 7) is 4.57. The Kier molecular flexibility index (Phi) is 8.33. The lowest BCUT2D eigenvalue weighted by Gasteiger charge is -2.12. The average molecular weight is 321 g/mol. The quantitative estimate of drug-likeness (QED) is 0.686. The average Bonchev–Trinajstić information content (AvgIpc) is 2.54. The normalized spacial score (nSPS) is 12.0. The minimum atomic E-state index is -0.495. The third kappa shape index (κ3) is 7.28. The number of methoxy groups -OCH3 is 1. The van der Waals surface area contributed by atoms with Crippen LogP contribution >= 0.6 is 0 Å². The van der Waals surface area contributed by atoms with E-state index in [1.165, 1.54) is 7.11 Å². The van der Waals surface area contributed by atoms with Crippen LogP contribution in [0, 0.1) is 5.92 Å². The second-order valence-corrected chi connectivity index (χ2v) is 6.04. The maximum absolute atomic E-state index is 11.9. The molecule has 1 aromatic carbocycles. The zero-order valence-corrected chi connectivity index (χ0v) is 14.2. The number of ether oxygens (including phenoxy) is 1. The number of carbonyl (C=O) groups excluding carboxylic acids is 2. The van der Waals surface area contributed by atoms with Crippen LogP contribution in [0.15, 0.2) is 24.3 Å². The first-order valence-corrected chi connectivity index (χ1v) is 8.07. The van der Waals surface area contributed by atoms with E-state index in [0.29, 0.717) is 11.5 Å². The number of nitrogens with one attached hydrogen (secondary N) is 1. The molecule has 1 rings (SSSR count). The smallest absolute Gasteiger partial charge is 0.307 e. The minimum absolute atomic E-state index is 0.148. The highest BCUT2D eigenvalue weighted by Crippen LogP contribution is 2.21. The zero-order valence-electron chi connectivity index (χ0n) is 14.2. The van der Waals surface area contributed by atoms with E-state index in [0.717, 1.165) is 24.8 Å². The Bertz CT molecular complexity index is 496. The number of carbonyl (C=O) groups is 2. The largest absolute Gasteiger partial charge is 0.469 e. The molecular weight excluding hydrogens is 294 g/mol. The molecule has 0 radical (unpaired) electrons. The lowest BCUT2D eigenvalue weighted by molar-refractivity contribution is -0.140. The molecule has 0 aliphatic carbocycles. The molecule has 0 heterocycles. The predicted molar refractivity (Wildman–Crippen MR) is 89.1 cm³/mol. The van der Waals surface area contributed by atoms with E-state index in [2.05, 4.69) is 23.9 Å². The molecular formula is C18H27NO4. The van der Waals surface area contributed by atoms with Crippen LogP contribution in [-0.2, 0) is 9.53 Å². The van der Waals surface area contributed by atoms with Crippen molar-refractivity contribution in [3.63, 3.8) is 0 Å². The van der Waals surface area contributed by atoms with Gasteiger partial charge in [-0.05, 0) is 30.0 Å². The van der Waals surface area contributed by atoms with Crippen LogP contribution in [-0.4, -0.2) is 30.6 Å². The second kappa shape index (κ2) is 10.0. The van der Waals surface area contributed by atoms with Gasteiger partial charge >= 0.3 is 5.97 Å². The first-order valence-electron chi connectivity index (χ1n) is 8.07.